The van der Waals surface area contributed by atoms with E-state index in [9.17, 15) is 9.59 Å². The largest absolute Gasteiger partial charge is 0.468 e. The maximum Gasteiger partial charge on any atom is 0.325 e. The molecule has 6 nitrogen and oxygen atoms in total. The maximum atomic E-state index is 12.3. The molecule has 21 heavy (non-hydrogen) atoms. The number of carbonyl (C=O) groups is 2. The highest BCUT2D eigenvalue weighted by atomic mass is 35.5. The Labute approximate surface area is 127 Å². The zero-order valence-electron chi connectivity index (χ0n) is 12.1. The minimum Gasteiger partial charge on any atom is -0.468 e. The first-order valence-electron chi connectivity index (χ1n) is 6.46. The molecule has 7 heteroatoms. The fourth-order valence-corrected chi connectivity index (χ4v) is 2.39. The number of likely N-dealkylation sites (N-methyl/N-ethyl adjacent to an activating group) is 1. The number of aromatic nitrogens is 2. The van der Waals surface area contributed by atoms with Gasteiger partial charge in [0.05, 0.1) is 18.1 Å². The van der Waals surface area contributed by atoms with E-state index in [-0.39, 0.29) is 12.5 Å². The van der Waals surface area contributed by atoms with Crippen LogP contribution in [0.2, 0.25) is 5.28 Å². The molecule has 0 N–H and O–H groups in total. The molecule has 0 aliphatic rings. The van der Waals surface area contributed by atoms with Crippen LogP contribution in [0.1, 0.15) is 17.3 Å². The molecular formula is C14H16ClN3O3. The number of ether oxygens (including phenoxy) is 1. The van der Waals surface area contributed by atoms with E-state index in [1.54, 1.807) is 25.2 Å². The third kappa shape index (κ3) is 3.00. The van der Waals surface area contributed by atoms with Crippen molar-refractivity contribution in [2.45, 2.75) is 13.5 Å². The molecule has 2 aromatic rings. The van der Waals surface area contributed by atoms with Gasteiger partial charge in [0.1, 0.15) is 6.54 Å². The molecule has 1 amide bonds. The number of esters is 1. The number of methoxy groups -OCH3 is 1. The average Bonchev–Trinajstić information content (AvgIpc) is 2.80. The zero-order valence-corrected chi connectivity index (χ0v) is 12.8. The Kier molecular flexibility index (Phi) is 4.47. The molecule has 0 unspecified atom stereocenters. The summed E-state index contributed by atoms with van der Waals surface area (Å²) in [4.78, 5) is 29.0. The molecule has 0 radical (unpaired) electrons. The Morgan fingerprint density at radius 1 is 1.43 bits per heavy atom. The molecule has 0 saturated heterocycles. The first-order valence-corrected chi connectivity index (χ1v) is 6.83. The van der Waals surface area contributed by atoms with Gasteiger partial charge in [-0.05, 0) is 36.7 Å². The maximum absolute atomic E-state index is 12.3. The van der Waals surface area contributed by atoms with Gasteiger partial charge in [0.2, 0.25) is 5.28 Å². The van der Waals surface area contributed by atoms with Gasteiger partial charge in [-0.15, -0.1) is 0 Å². The number of amides is 1. The highest BCUT2D eigenvalue weighted by Crippen LogP contribution is 2.21. The fraction of sp³-hybridized carbons (Fsp3) is 0.357. The molecule has 1 aromatic heterocycles. The van der Waals surface area contributed by atoms with Crippen molar-refractivity contribution in [2.24, 2.45) is 0 Å². The van der Waals surface area contributed by atoms with Crippen molar-refractivity contribution >= 4 is 34.5 Å². The number of imidazole rings is 1. The lowest BCUT2D eigenvalue weighted by Crippen LogP contribution is -2.32. The van der Waals surface area contributed by atoms with Crippen molar-refractivity contribution in [3.63, 3.8) is 0 Å². The summed E-state index contributed by atoms with van der Waals surface area (Å²) in [6, 6.07) is 5.17. The monoisotopic (exact) mass is 309 g/mol. The number of rotatable bonds is 4. The predicted octanol–water partition coefficient (Wildman–Crippen LogP) is 1.95. The van der Waals surface area contributed by atoms with Crippen LogP contribution in [0.25, 0.3) is 11.0 Å². The molecule has 1 heterocycles. The van der Waals surface area contributed by atoms with Gasteiger partial charge in [0.15, 0.2) is 0 Å². The van der Waals surface area contributed by atoms with Gasteiger partial charge in [-0.1, -0.05) is 0 Å². The summed E-state index contributed by atoms with van der Waals surface area (Å²) in [5, 5.41) is 0.389. The van der Waals surface area contributed by atoms with Crippen LogP contribution in [0.4, 0.5) is 0 Å². The van der Waals surface area contributed by atoms with E-state index in [2.05, 4.69) is 9.72 Å². The van der Waals surface area contributed by atoms with Gasteiger partial charge >= 0.3 is 5.97 Å². The second-order valence-electron chi connectivity index (χ2n) is 4.57. The number of benzene rings is 1. The van der Waals surface area contributed by atoms with E-state index in [4.69, 9.17) is 11.6 Å². The van der Waals surface area contributed by atoms with Crippen molar-refractivity contribution in [3.8, 4) is 0 Å². The highest BCUT2D eigenvalue weighted by molar-refractivity contribution is 6.29. The van der Waals surface area contributed by atoms with E-state index >= 15 is 0 Å². The molecule has 0 fully saturated rings. The van der Waals surface area contributed by atoms with Gasteiger partial charge in [-0.25, -0.2) is 4.98 Å². The van der Waals surface area contributed by atoms with E-state index in [1.165, 1.54) is 12.0 Å². The van der Waals surface area contributed by atoms with Gasteiger partial charge in [-0.3, -0.25) is 9.59 Å². The van der Waals surface area contributed by atoms with Crippen molar-refractivity contribution in [1.29, 1.82) is 0 Å². The minimum atomic E-state index is -0.467. The van der Waals surface area contributed by atoms with Crippen LogP contribution in [0.3, 0.4) is 0 Å². The number of halogens is 1. The first-order chi connectivity index (χ1) is 9.97. The normalized spacial score (nSPS) is 10.7. The Bertz CT molecular complexity index is 696. The van der Waals surface area contributed by atoms with Gasteiger partial charge in [-0.2, -0.15) is 0 Å². The second-order valence-corrected chi connectivity index (χ2v) is 4.90. The van der Waals surface area contributed by atoms with Gasteiger partial charge in [0.25, 0.3) is 5.91 Å². The zero-order chi connectivity index (χ0) is 15.6. The quantitative estimate of drug-likeness (QED) is 0.810. The summed E-state index contributed by atoms with van der Waals surface area (Å²) in [6.45, 7) is 2.57. The fourth-order valence-electron chi connectivity index (χ4n) is 2.08. The van der Waals surface area contributed by atoms with Crippen molar-refractivity contribution in [2.75, 3.05) is 20.7 Å². The van der Waals surface area contributed by atoms with Gasteiger partial charge in [0, 0.05) is 19.2 Å². The molecule has 0 aliphatic carbocycles. The lowest BCUT2D eigenvalue weighted by atomic mass is 10.1. The Morgan fingerprint density at radius 3 is 2.76 bits per heavy atom. The highest BCUT2D eigenvalue weighted by Gasteiger charge is 2.17. The van der Waals surface area contributed by atoms with Crippen LogP contribution in [0.5, 0.6) is 0 Å². The van der Waals surface area contributed by atoms with Crippen molar-refractivity contribution in [3.05, 3.63) is 29.0 Å². The van der Waals surface area contributed by atoms with Crippen LogP contribution in [0.15, 0.2) is 18.2 Å². The van der Waals surface area contributed by atoms with Crippen LogP contribution in [0, 0.1) is 0 Å². The van der Waals surface area contributed by atoms with E-state index in [0.717, 1.165) is 5.52 Å². The molecule has 0 aliphatic heterocycles. The average molecular weight is 310 g/mol. The van der Waals surface area contributed by atoms with Crippen LogP contribution in [-0.2, 0) is 16.1 Å². The summed E-state index contributed by atoms with van der Waals surface area (Å²) >= 11 is 6.05. The van der Waals surface area contributed by atoms with Crippen molar-refractivity contribution in [1.82, 2.24) is 14.5 Å². The third-order valence-electron chi connectivity index (χ3n) is 3.21. The lowest BCUT2D eigenvalue weighted by Gasteiger charge is -2.15. The van der Waals surface area contributed by atoms with Crippen molar-refractivity contribution < 1.29 is 14.3 Å². The predicted molar refractivity (Wildman–Crippen MR) is 79.4 cm³/mol. The standard InChI is InChI=1S/C14H16ClN3O3/c1-4-18-11-6-5-9(7-10(11)16-14(18)15)13(20)17(2)8-12(19)21-3/h5-7H,4,8H2,1-3H3. The Balaban J connectivity index is 2.30. The molecular weight excluding hydrogens is 294 g/mol. The summed E-state index contributed by atoms with van der Waals surface area (Å²) in [5.41, 5.74) is 1.97. The number of hydrogen-bond acceptors (Lipinski definition) is 4. The number of nitrogens with zero attached hydrogens (tertiary/aromatic N) is 3. The third-order valence-corrected chi connectivity index (χ3v) is 3.49. The molecule has 112 valence electrons. The van der Waals surface area contributed by atoms with E-state index in [0.29, 0.717) is 22.9 Å². The molecule has 2 rings (SSSR count). The number of carbonyl (C=O) groups excluding carboxylic acids is 2. The second kappa shape index (κ2) is 6.13. The number of hydrogen-bond donors (Lipinski definition) is 0. The molecule has 0 saturated carbocycles. The molecule has 0 atom stereocenters. The van der Waals surface area contributed by atoms with Crippen LogP contribution >= 0.6 is 11.6 Å². The number of fused-ring (bicyclic) bond motifs is 1. The van der Waals surface area contributed by atoms with Crippen LogP contribution < -0.4 is 0 Å². The lowest BCUT2D eigenvalue weighted by molar-refractivity contribution is -0.141. The molecule has 0 spiro atoms. The topological polar surface area (TPSA) is 64.4 Å². The smallest absolute Gasteiger partial charge is 0.325 e. The minimum absolute atomic E-state index is 0.0997. The first kappa shape index (κ1) is 15.3. The van der Waals surface area contributed by atoms with Gasteiger partial charge < -0.3 is 14.2 Å². The summed E-state index contributed by atoms with van der Waals surface area (Å²) in [6.07, 6.45) is 0. The molecule has 0 bridgehead atoms. The Morgan fingerprint density at radius 2 is 2.14 bits per heavy atom. The number of aryl methyl sites for hydroxylation is 1. The molecule has 1 aromatic carbocycles. The summed E-state index contributed by atoms with van der Waals surface area (Å²) in [7, 11) is 2.83. The summed E-state index contributed by atoms with van der Waals surface area (Å²) < 4.78 is 6.40. The van der Waals surface area contributed by atoms with Crippen LogP contribution in [-0.4, -0.2) is 47.0 Å². The Hall–Kier alpha value is -2.08. The van der Waals surface area contributed by atoms with E-state index < -0.39 is 5.97 Å². The van der Waals surface area contributed by atoms with E-state index in [1.807, 2.05) is 11.5 Å². The summed E-state index contributed by atoms with van der Waals surface area (Å²) in [5.74, 6) is -0.741. The SMILES string of the molecule is CCn1c(Cl)nc2cc(C(=O)N(C)CC(=O)OC)ccc21.